The molecule has 1 atom stereocenters. The van der Waals surface area contributed by atoms with Crippen molar-refractivity contribution in [1.29, 1.82) is 0 Å². The standard InChI is InChI=1S/C8H15BrN2O2/c9-7-5-8(13)11(6-7)3-1-10-2-4-12/h7,10,12H,1-6H2. The van der Waals surface area contributed by atoms with E-state index in [9.17, 15) is 4.79 Å². The average molecular weight is 251 g/mol. The molecule has 13 heavy (non-hydrogen) atoms. The third-order valence-corrected chi connectivity index (χ3v) is 2.63. The Morgan fingerprint density at radius 1 is 1.62 bits per heavy atom. The van der Waals surface area contributed by atoms with Gasteiger partial charge in [-0.2, -0.15) is 0 Å². The van der Waals surface area contributed by atoms with Gasteiger partial charge in [0.25, 0.3) is 0 Å². The molecule has 4 nitrogen and oxygen atoms in total. The highest BCUT2D eigenvalue weighted by molar-refractivity contribution is 9.09. The second kappa shape index (κ2) is 5.57. The lowest BCUT2D eigenvalue weighted by atomic mass is 10.4. The lowest BCUT2D eigenvalue weighted by Crippen LogP contribution is -2.34. The highest BCUT2D eigenvalue weighted by atomic mass is 79.9. The van der Waals surface area contributed by atoms with E-state index in [2.05, 4.69) is 21.2 Å². The fourth-order valence-corrected chi connectivity index (χ4v) is 1.98. The van der Waals surface area contributed by atoms with Crippen LogP contribution in [0, 0.1) is 0 Å². The molecule has 1 aliphatic rings. The van der Waals surface area contributed by atoms with Crippen LogP contribution in [0.2, 0.25) is 0 Å². The van der Waals surface area contributed by atoms with Crippen LogP contribution in [0.15, 0.2) is 0 Å². The summed E-state index contributed by atoms with van der Waals surface area (Å²) >= 11 is 3.42. The van der Waals surface area contributed by atoms with Gasteiger partial charge in [0, 0.05) is 37.4 Å². The van der Waals surface area contributed by atoms with Gasteiger partial charge in [-0.05, 0) is 0 Å². The van der Waals surface area contributed by atoms with Crippen LogP contribution in [0.5, 0.6) is 0 Å². The Balaban J connectivity index is 2.11. The summed E-state index contributed by atoms with van der Waals surface area (Å²) in [6, 6.07) is 0. The van der Waals surface area contributed by atoms with Gasteiger partial charge < -0.3 is 15.3 Å². The molecule has 0 aromatic rings. The summed E-state index contributed by atoms with van der Waals surface area (Å²) < 4.78 is 0. The number of hydrogen-bond acceptors (Lipinski definition) is 3. The molecule has 76 valence electrons. The first-order valence-electron chi connectivity index (χ1n) is 4.47. The predicted octanol–water partition coefficient (Wildman–Crippen LogP) is -0.436. The number of hydrogen-bond donors (Lipinski definition) is 2. The maximum Gasteiger partial charge on any atom is 0.223 e. The summed E-state index contributed by atoms with van der Waals surface area (Å²) in [6.07, 6.45) is 0.611. The van der Waals surface area contributed by atoms with Crippen LogP contribution in [0.25, 0.3) is 0 Å². The van der Waals surface area contributed by atoms with Crippen molar-refractivity contribution in [1.82, 2.24) is 10.2 Å². The normalized spacial score (nSPS) is 22.8. The minimum absolute atomic E-state index is 0.148. The maximum atomic E-state index is 11.3. The lowest BCUT2D eigenvalue weighted by Gasteiger charge is -2.15. The Kier molecular flexibility index (Phi) is 4.69. The molecule has 0 saturated carbocycles. The fourth-order valence-electron chi connectivity index (χ4n) is 1.36. The summed E-state index contributed by atoms with van der Waals surface area (Å²) in [5, 5.41) is 11.5. The van der Waals surface area contributed by atoms with Crippen LogP contribution in [0.4, 0.5) is 0 Å². The van der Waals surface area contributed by atoms with Crippen LogP contribution >= 0.6 is 15.9 Å². The number of carbonyl (C=O) groups is 1. The topological polar surface area (TPSA) is 52.6 Å². The molecular weight excluding hydrogens is 236 g/mol. The van der Waals surface area contributed by atoms with E-state index in [1.54, 1.807) is 0 Å². The van der Waals surface area contributed by atoms with Crippen LogP contribution in [0.1, 0.15) is 6.42 Å². The number of likely N-dealkylation sites (tertiary alicyclic amines) is 1. The molecule has 2 N–H and O–H groups in total. The Bertz CT molecular complexity index is 178. The van der Waals surface area contributed by atoms with E-state index in [1.165, 1.54) is 0 Å². The van der Waals surface area contributed by atoms with Crippen molar-refractivity contribution in [3.05, 3.63) is 0 Å². The average Bonchev–Trinajstić information content (AvgIpc) is 2.39. The third kappa shape index (κ3) is 3.62. The molecular formula is C8H15BrN2O2. The number of carbonyl (C=O) groups excluding carboxylic acids is 1. The monoisotopic (exact) mass is 250 g/mol. The number of aliphatic hydroxyl groups is 1. The van der Waals surface area contributed by atoms with Gasteiger partial charge in [0.05, 0.1) is 6.61 Å². The molecule has 1 unspecified atom stereocenters. The largest absolute Gasteiger partial charge is 0.395 e. The zero-order valence-corrected chi connectivity index (χ0v) is 9.09. The van der Waals surface area contributed by atoms with Gasteiger partial charge in [-0.25, -0.2) is 0 Å². The first kappa shape index (κ1) is 10.9. The number of halogens is 1. The Morgan fingerprint density at radius 2 is 2.38 bits per heavy atom. The lowest BCUT2D eigenvalue weighted by molar-refractivity contribution is -0.127. The summed E-state index contributed by atoms with van der Waals surface area (Å²) in [6.45, 7) is 3.04. The molecule has 0 aliphatic carbocycles. The number of alkyl halides is 1. The van der Waals surface area contributed by atoms with E-state index in [-0.39, 0.29) is 12.5 Å². The van der Waals surface area contributed by atoms with Gasteiger partial charge >= 0.3 is 0 Å². The molecule has 1 aliphatic heterocycles. The van der Waals surface area contributed by atoms with E-state index < -0.39 is 0 Å². The van der Waals surface area contributed by atoms with Crippen LogP contribution in [-0.4, -0.2) is 53.5 Å². The number of nitrogens with one attached hydrogen (secondary N) is 1. The second-order valence-electron chi connectivity index (χ2n) is 3.11. The van der Waals surface area contributed by atoms with Gasteiger partial charge in [-0.1, -0.05) is 15.9 Å². The van der Waals surface area contributed by atoms with E-state index in [4.69, 9.17) is 5.11 Å². The summed E-state index contributed by atoms with van der Waals surface area (Å²) in [5.41, 5.74) is 0. The number of amides is 1. The molecule has 1 amide bonds. The SMILES string of the molecule is O=C1CC(Br)CN1CCNCCO. The van der Waals surface area contributed by atoms with E-state index in [0.717, 1.165) is 19.6 Å². The summed E-state index contributed by atoms with van der Waals surface area (Å²) in [4.78, 5) is 13.4. The van der Waals surface area contributed by atoms with Crippen LogP contribution < -0.4 is 5.32 Å². The van der Waals surface area contributed by atoms with Crippen molar-refractivity contribution < 1.29 is 9.90 Å². The van der Waals surface area contributed by atoms with Gasteiger partial charge in [0.1, 0.15) is 0 Å². The van der Waals surface area contributed by atoms with E-state index >= 15 is 0 Å². The van der Waals surface area contributed by atoms with E-state index in [1.807, 2.05) is 4.90 Å². The first-order chi connectivity index (χ1) is 6.24. The Hall–Kier alpha value is -0.130. The van der Waals surface area contributed by atoms with Crippen molar-refractivity contribution >= 4 is 21.8 Å². The van der Waals surface area contributed by atoms with Crippen molar-refractivity contribution in [3.8, 4) is 0 Å². The second-order valence-corrected chi connectivity index (χ2v) is 4.41. The molecule has 1 heterocycles. The predicted molar refractivity (Wildman–Crippen MR) is 53.9 cm³/mol. The van der Waals surface area contributed by atoms with Crippen LogP contribution in [0.3, 0.4) is 0 Å². The first-order valence-corrected chi connectivity index (χ1v) is 5.39. The molecule has 1 fully saturated rings. The molecule has 5 heteroatoms. The zero-order valence-electron chi connectivity index (χ0n) is 7.50. The minimum atomic E-state index is 0.148. The van der Waals surface area contributed by atoms with Gasteiger partial charge in [-0.15, -0.1) is 0 Å². The van der Waals surface area contributed by atoms with Gasteiger partial charge in [0.15, 0.2) is 0 Å². The van der Waals surface area contributed by atoms with Crippen molar-refractivity contribution in [2.75, 3.05) is 32.8 Å². The Morgan fingerprint density at radius 3 is 2.92 bits per heavy atom. The third-order valence-electron chi connectivity index (χ3n) is 2.01. The minimum Gasteiger partial charge on any atom is -0.395 e. The quantitative estimate of drug-likeness (QED) is 0.514. The zero-order chi connectivity index (χ0) is 9.68. The smallest absolute Gasteiger partial charge is 0.223 e. The molecule has 0 aromatic carbocycles. The number of rotatable bonds is 5. The van der Waals surface area contributed by atoms with Crippen molar-refractivity contribution in [2.24, 2.45) is 0 Å². The maximum absolute atomic E-state index is 11.3. The van der Waals surface area contributed by atoms with Gasteiger partial charge in [0.2, 0.25) is 5.91 Å². The highest BCUT2D eigenvalue weighted by Crippen LogP contribution is 2.16. The Labute approximate surface area is 86.4 Å². The van der Waals surface area contributed by atoms with Crippen LogP contribution in [-0.2, 0) is 4.79 Å². The van der Waals surface area contributed by atoms with Gasteiger partial charge in [-0.3, -0.25) is 4.79 Å². The molecule has 1 saturated heterocycles. The number of nitrogens with zero attached hydrogens (tertiary/aromatic N) is 1. The summed E-state index contributed by atoms with van der Waals surface area (Å²) in [5.74, 6) is 0.215. The fraction of sp³-hybridized carbons (Fsp3) is 0.875. The highest BCUT2D eigenvalue weighted by Gasteiger charge is 2.26. The van der Waals surface area contributed by atoms with Crippen molar-refractivity contribution in [2.45, 2.75) is 11.2 Å². The van der Waals surface area contributed by atoms with Crippen molar-refractivity contribution in [3.63, 3.8) is 0 Å². The number of aliphatic hydroxyl groups excluding tert-OH is 1. The van der Waals surface area contributed by atoms with E-state index in [0.29, 0.717) is 17.8 Å². The molecule has 1 rings (SSSR count). The molecule has 0 spiro atoms. The molecule has 0 radical (unpaired) electrons. The molecule has 0 bridgehead atoms. The summed E-state index contributed by atoms with van der Waals surface area (Å²) in [7, 11) is 0. The molecule has 0 aromatic heterocycles.